The summed E-state index contributed by atoms with van der Waals surface area (Å²) in [7, 11) is 0. The van der Waals surface area contributed by atoms with Crippen molar-refractivity contribution in [3.8, 4) is 11.8 Å². The van der Waals surface area contributed by atoms with Crippen LogP contribution in [0.1, 0.15) is 83.1 Å². The molecular formula is C51H68N6O11. The second kappa shape index (κ2) is 28.8. The zero-order chi connectivity index (χ0) is 49.3. The summed E-state index contributed by atoms with van der Waals surface area (Å²) in [5.41, 5.74) is 4.55. The molecule has 2 atom stereocenters. The highest BCUT2D eigenvalue weighted by atomic mass is 16.6. The number of rotatable bonds is 27. The van der Waals surface area contributed by atoms with E-state index < -0.39 is 30.0 Å². The smallest absolute Gasteiger partial charge is 0.407 e. The molecule has 3 aromatic rings. The number of alkyl carbamates (subject to hydrolysis) is 1. The average molecular weight is 941 g/mol. The van der Waals surface area contributed by atoms with Crippen LogP contribution in [0.3, 0.4) is 0 Å². The van der Waals surface area contributed by atoms with Crippen molar-refractivity contribution in [2.75, 3.05) is 76.2 Å². The number of anilines is 2. The number of carbonyl (C=O) groups is 6. The van der Waals surface area contributed by atoms with Crippen LogP contribution < -0.4 is 31.5 Å². The van der Waals surface area contributed by atoms with Gasteiger partial charge in [0.2, 0.25) is 29.5 Å². The highest BCUT2D eigenvalue weighted by Crippen LogP contribution is 2.26. The first-order valence-electron chi connectivity index (χ1n) is 23.1. The van der Waals surface area contributed by atoms with Gasteiger partial charge in [0.15, 0.2) is 0 Å². The number of nitrogens with one attached hydrogen (secondary N) is 5. The third-order valence-corrected chi connectivity index (χ3v) is 10.3. The number of ether oxygens (including phenoxy) is 5. The molecule has 17 heteroatoms. The van der Waals surface area contributed by atoms with Crippen LogP contribution in [0.15, 0.2) is 72.8 Å². The van der Waals surface area contributed by atoms with E-state index in [9.17, 15) is 28.8 Å². The van der Waals surface area contributed by atoms with Gasteiger partial charge in [0.1, 0.15) is 18.7 Å². The Hall–Kier alpha value is -6.32. The molecule has 0 radical (unpaired) electrons. The Morgan fingerprint density at radius 1 is 0.647 bits per heavy atom. The molecule has 0 aromatic heterocycles. The third-order valence-electron chi connectivity index (χ3n) is 10.3. The summed E-state index contributed by atoms with van der Waals surface area (Å²) < 4.78 is 27.3. The van der Waals surface area contributed by atoms with Crippen LogP contribution in [-0.2, 0) is 60.8 Å². The van der Waals surface area contributed by atoms with Gasteiger partial charge in [-0.25, -0.2) is 4.79 Å². The zero-order valence-corrected chi connectivity index (χ0v) is 40.2. The lowest BCUT2D eigenvalue weighted by molar-refractivity contribution is -0.132. The predicted molar refractivity (Wildman–Crippen MR) is 257 cm³/mol. The second-order valence-corrected chi connectivity index (χ2v) is 17.6. The monoisotopic (exact) mass is 940 g/mol. The molecule has 0 bridgehead atoms. The van der Waals surface area contributed by atoms with Crippen molar-refractivity contribution in [1.82, 2.24) is 21.3 Å². The summed E-state index contributed by atoms with van der Waals surface area (Å²) in [5.74, 6) is 4.53. The van der Waals surface area contributed by atoms with Crippen molar-refractivity contribution in [2.45, 2.75) is 86.0 Å². The highest BCUT2D eigenvalue weighted by Gasteiger charge is 2.27. The van der Waals surface area contributed by atoms with E-state index in [1.807, 2.05) is 69.3 Å². The first-order chi connectivity index (χ1) is 32.6. The highest BCUT2D eigenvalue weighted by molar-refractivity contribution is 5.98. The van der Waals surface area contributed by atoms with E-state index in [0.29, 0.717) is 51.8 Å². The van der Waals surface area contributed by atoms with Gasteiger partial charge in [-0.1, -0.05) is 88.9 Å². The quantitative estimate of drug-likeness (QED) is 0.0516. The number of fused-ring (bicyclic) bond motifs is 2. The molecule has 4 rings (SSSR count). The van der Waals surface area contributed by atoms with E-state index in [4.69, 9.17) is 23.7 Å². The lowest BCUT2D eigenvalue weighted by Gasteiger charge is -2.26. The molecule has 0 unspecified atom stereocenters. The van der Waals surface area contributed by atoms with Gasteiger partial charge in [0, 0.05) is 49.2 Å². The number of hydrogen-bond acceptors (Lipinski definition) is 11. The predicted octanol–water partition coefficient (Wildman–Crippen LogP) is 4.84. The van der Waals surface area contributed by atoms with Gasteiger partial charge in [-0.2, -0.15) is 0 Å². The largest absolute Gasteiger partial charge is 0.445 e. The van der Waals surface area contributed by atoms with Gasteiger partial charge >= 0.3 is 6.09 Å². The fourth-order valence-electron chi connectivity index (χ4n) is 6.45. The Balaban J connectivity index is 0.974. The normalized spacial score (nSPS) is 12.7. The standard InChI is InChI=1S/C51H68N6O11/c1-36(2)47(49(62)54-37(3)48(61)55-42-19-15-38(16-20-42)34-68-50(63)53-35-51(4,5)6)56-45(59)23-26-65-28-30-67-32-31-66-29-27-64-25-22-44(58)52-24-21-46(60)57-33-41-13-8-7-11-39(41)17-18-40-12-9-10-14-43(40)57/h7-16,19-20,36-37,47H,21-35H2,1-6H3,(H,52,58)(H,53,63)(H,54,62)(H,55,61)(H,56,59)/t37-,47-/m0/s1. The van der Waals surface area contributed by atoms with Gasteiger partial charge in [-0.05, 0) is 59.7 Å². The van der Waals surface area contributed by atoms with Crippen LogP contribution in [0.2, 0.25) is 0 Å². The molecule has 17 nitrogen and oxygen atoms in total. The maximum Gasteiger partial charge on any atom is 0.407 e. The summed E-state index contributed by atoms with van der Waals surface area (Å²) in [6.07, 6.45) is -0.188. The summed E-state index contributed by atoms with van der Waals surface area (Å²) in [6, 6.07) is 20.4. The second-order valence-electron chi connectivity index (χ2n) is 17.6. The molecule has 68 heavy (non-hydrogen) atoms. The van der Waals surface area contributed by atoms with Crippen LogP contribution in [0, 0.1) is 23.2 Å². The van der Waals surface area contributed by atoms with Crippen molar-refractivity contribution in [3.05, 3.63) is 95.1 Å². The fraction of sp³-hybridized carbons (Fsp3) is 0.490. The Kier molecular flexibility index (Phi) is 23.0. The number of para-hydroxylation sites is 1. The average Bonchev–Trinajstić information content (AvgIpc) is 3.30. The van der Waals surface area contributed by atoms with Gasteiger partial charge in [-0.15, -0.1) is 0 Å². The van der Waals surface area contributed by atoms with Crippen molar-refractivity contribution < 1.29 is 52.5 Å². The molecule has 3 aromatic carbocycles. The summed E-state index contributed by atoms with van der Waals surface area (Å²) in [4.78, 5) is 78.0. The van der Waals surface area contributed by atoms with Crippen LogP contribution in [0.25, 0.3) is 0 Å². The minimum absolute atomic E-state index is 0.0277. The van der Waals surface area contributed by atoms with E-state index in [0.717, 1.165) is 27.9 Å². The molecular weight excluding hydrogens is 873 g/mol. The van der Waals surface area contributed by atoms with Crippen molar-refractivity contribution in [2.24, 2.45) is 11.3 Å². The Morgan fingerprint density at radius 2 is 1.22 bits per heavy atom. The molecule has 1 heterocycles. The minimum Gasteiger partial charge on any atom is -0.445 e. The number of amides is 6. The van der Waals surface area contributed by atoms with Gasteiger partial charge in [0.25, 0.3) is 0 Å². The molecule has 0 fully saturated rings. The maximum absolute atomic E-state index is 13.3. The molecule has 0 aliphatic carbocycles. The molecule has 1 aliphatic rings. The van der Waals surface area contributed by atoms with Gasteiger partial charge < -0.3 is 55.2 Å². The summed E-state index contributed by atoms with van der Waals surface area (Å²) in [6.45, 7) is 14.5. The van der Waals surface area contributed by atoms with Crippen LogP contribution >= 0.6 is 0 Å². The van der Waals surface area contributed by atoms with E-state index >= 15 is 0 Å². The summed E-state index contributed by atoms with van der Waals surface area (Å²) >= 11 is 0. The first kappa shape index (κ1) is 54.3. The molecule has 0 saturated carbocycles. The number of carbonyl (C=O) groups excluding carboxylic acids is 6. The Labute approximate surface area is 400 Å². The third kappa shape index (κ3) is 20.3. The van der Waals surface area contributed by atoms with E-state index in [-0.39, 0.29) is 81.3 Å². The molecule has 0 saturated heterocycles. The zero-order valence-electron chi connectivity index (χ0n) is 40.2. The maximum atomic E-state index is 13.3. The number of benzene rings is 3. The topological polar surface area (TPSA) is 212 Å². The van der Waals surface area contributed by atoms with Crippen LogP contribution in [-0.4, -0.2) is 114 Å². The SMILES string of the molecule is CC(C)[C@H](NC(=O)CCOCCOCCOCCOCCC(=O)NCCC(=O)N1Cc2ccccc2C#Cc2ccccc21)C(=O)N[C@@H](C)C(=O)Nc1ccc(COC(=O)NCC(C)(C)C)cc1. The molecule has 368 valence electrons. The van der Waals surface area contributed by atoms with Crippen molar-refractivity contribution in [3.63, 3.8) is 0 Å². The lowest BCUT2D eigenvalue weighted by Crippen LogP contribution is -2.53. The first-order valence-corrected chi connectivity index (χ1v) is 23.1. The van der Waals surface area contributed by atoms with E-state index in [2.05, 4.69) is 38.4 Å². The Bertz CT molecular complexity index is 2180. The van der Waals surface area contributed by atoms with E-state index in [1.165, 1.54) is 0 Å². The number of hydrogen-bond donors (Lipinski definition) is 5. The molecule has 0 spiro atoms. The minimum atomic E-state index is -0.893. The fourth-order valence-corrected chi connectivity index (χ4v) is 6.45. The lowest BCUT2D eigenvalue weighted by atomic mass is 9.97. The Morgan fingerprint density at radius 3 is 1.85 bits per heavy atom. The van der Waals surface area contributed by atoms with Crippen LogP contribution in [0.4, 0.5) is 16.2 Å². The molecule has 5 N–H and O–H groups in total. The molecule has 1 aliphatic heterocycles. The summed E-state index contributed by atoms with van der Waals surface area (Å²) in [5, 5.41) is 13.7. The van der Waals surface area contributed by atoms with E-state index in [1.54, 1.807) is 49.9 Å². The van der Waals surface area contributed by atoms with Gasteiger partial charge in [-0.3, -0.25) is 24.0 Å². The van der Waals surface area contributed by atoms with Crippen molar-refractivity contribution >= 4 is 47.0 Å². The molecule has 6 amide bonds. The number of nitrogens with zero attached hydrogens (tertiary/aromatic N) is 1. The van der Waals surface area contributed by atoms with Gasteiger partial charge in [0.05, 0.1) is 65.1 Å². The van der Waals surface area contributed by atoms with Crippen LogP contribution in [0.5, 0.6) is 0 Å². The van der Waals surface area contributed by atoms with Crippen molar-refractivity contribution in [1.29, 1.82) is 0 Å².